The number of hydrogen-bond donors (Lipinski definition) is 2. The Kier molecular flexibility index (Phi) is 11.8. The summed E-state index contributed by atoms with van der Waals surface area (Å²) >= 11 is 0. The first-order valence-electron chi connectivity index (χ1n) is 12.6. The van der Waals surface area contributed by atoms with Gasteiger partial charge in [-0.3, -0.25) is 0 Å². The van der Waals surface area contributed by atoms with E-state index >= 15 is 0 Å². The van der Waals surface area contributed by atoms with Gasteiger partial charge in [0.15, 0.2) is 0 Å². The van der Waals surface area contributed by atoms with Crippen LogP contribution in [-0.4, -0.2) is 56.9 Å². The number of quaternary nitrogens is 1. The number of aromatic hydroxyl groups is 1. The average molecular weight is 448 g/mol. The Hall–Kier alpha value is -1.52. The number of nitrogens with one attached hydrogen (secondary N) is 1. The summed E-state index contributed by atoms with van der Waals surface area (Å²) in [6.45, 7) is 15.3. The first kappa shape index (κ1) is 28.5. The fourth-order valence-electron chi connectivity index (χ4n) is 4.40. The zero-order valence-corrected chi connectivity index (χ0v) is 22.6. The van der Waals surface area contributed by atoms with Crippen LogP contribution in [0.3, 0.4) is 0 Å². The van der Waals surface area contributed by atoms with Crippen LogP contribution >= 0.6 is 0 Å². The molecule has 2 aliphatic rings. The zero-order valence-electron chi connectivity index (χ0n) is 22.6. The maximum absolute atomic E-state index is 10.4. The summed E-state index contributed by atoms with van der Waals surface area (Å²) in [6, 6.07) is 3.93. The summed E-state index contributed by atoms with van der Waals surface area (Å²) in [4.78, 5) is 3.71. The first-order valence-corrected chi connectivity index (χ1v) is 12.6. The third-order valence-electron chi connectivity index (χ3n) is 6.49. The first-order chi connectivity index (χ1) is 14.9. The number of phenols is 1. The predicted octanol–water partition coefficient (Wildman–Crippen LogP) is 5.20. The third-order valence-corrected chi connectivity index (χ3v) is 6.49. The number of aryl methyl sites for hydroxylation is 1. The Balaban J connectivity index is 0.000000329. The number of ether oxygens (including phenoxy) is 1. The van der Waals surface area contributed by atoms with E-state index in [0.29, 0.717) is 11.7 Å². The number of hydrogen-bond acceptors (Lipinski definition) is 3. The van der Waals surface area contributed by atoms with Crippen LogP contribution in [0.2, 0.25) is 0 Å². The Morgan fingerprint density at radius 1 is 1.12 bits per heavy atom. The molecular formula is C28H51N2O2+. The number of benzene rings is 1. The van der Waals surface area contributed by atoms with E-state index in [2.05, 4.69) is 73.8 Å². The van der Waals surface area contributed by atoms with Gasteiger partial charge in [0.2, 0.25) is 0 Å². The summed E-state index contributed by atoms with van der Waals surface area (Å²) < 4.78 is 6.17. The second-order valence-electron chi connectivity index (χ2n) is 10.6. The van der Waals surface area contributed by atoms with Gasteiger partial charge in [0, 0.05) is 23.9 Å². The summed E-state index contributed by atoms with van der Waals surface area (Å²) in [6.07, 6.45) is 8.67. The zero-order chi connectivity index (χ0) is 24.5. The molecule has 0 bridgehead atoms. The van der Waals surface area contributed by atoms with Crippen LogP contribution in [-0.2, 0) is 0 Å². The van der Waals surface area contributed by atoms with Crippen molar-refractivity contribution in [1.29, 1.82) is 0 Å². The highest BCUT2D eigenvalue weighted by atomic mass is 16.5. The molecule has 184 valence electrons. The number of phenolic OH excluding ortho intramolecular Hbond substituents is 1. The highest BCUT2D eigenvalue weighted by Crippen LogP contribution is 2.53. The SMILES string of the molecule is CC1=C[C@H]2c3c(ccc(C)c3O)OC(C)(C)[C@@H]2CC1.CCCCC.CN(C)CC[NH+](C)C. The van der Waals surface area contributed by atoms with Gasteiger partial charge >= 0.3 is 0 Å². The minimum Gasteiger partial charge on any atom is -0.507 e. The molecular weight excluding hydrogens is 396 g/mol. The van der Waals surface area contributed by atoms with Gasteiger partial charge < -0.3 is 19.6 Å². The number of allylic oxidation sites excluding steroid dienone is 2. The van der Waals surface area contributed by atoms with Gasteiger partial charge in [-0.15, -0.1) is 0 Å². The molecule has 32 heavy (non-hydrogen) atoms. The topological polar surface area (TPSA) is 37.1 Å². The molecule has 0 unspecified atom stereocenters. The van der Waals surface area contributed by atoms with E-state index in [9.17, 15) is 5.11 Å². The van der Waals surface area contributed by atoms with Crippen LogP contribution in [0, 0.1) is 12.8 Å². The molecule has 1 heterocycles. The van der Waals surface area contributed by atoms with Crippen LogP contribution in [0.15, 0.2) is 23.8 Å². The smallest absolute Gasteiger partial charge is 0.127 e. The normalized spacial score (nSPS) is 20.7. The molecule has 0 aromatic heterocycles. The van der Waals surface area contributed by atoms with Gasteiger partial charge in [-0.2, -0.15) is 0 Å². The van der Waals surface area contributed by atoms with Gasteiger partial charge in [-0.25, -0.2) is 0 Å². The number of rotatable bonds is 5. The molecule has 4 nitrogen and oxygen atoms in total. The van der Waals surface area contributed by atoms with Crippen LogP contribution < -0.4 is 9.64 Å². The number of likely N-dealkylation sites (N-methyl/N-ethyl adjacent to an activating group) is 2. The van der Waals surface area contributed by atoms with Crippen LogP contribution in [0.1, 0.15) is 83.8 Å². The number of nitrogens with zero attached hydrogens (tertiary/aromatic N) is 1. The van der Waals surface area contributed by atoms with Crippen molar-refractivity contribution < 1.29 is 14.7 Å². The summed E-state index contributed by atoms with van der Waals surface area (Å²) in [7, 11) is 8.54. The fourth-order valence-corrected chi connectivity index (χ4v) is 4.40. The highest BCUT2D eigenvalue weighted by Gasteiger charge is 2.45. The molecule has 3 rings (SSSR count). The molecule has 2 N–H and O–H groups in total. The lowest BCUT2D eigenvalue weighted by Crippen LogP contribution is -3.06. The third kappa shape index (κ3) is 8.44. The average Bonchev–Trinajstić information content (AvgIpc) is 2.70. The quantitative estimate of drug-likeness (QED) is 0.609. The lowest BCUT2D eigenvalue weighted by Gasteiger charge is -2.46. The number of unbranched alkanes of at least 4 members (excludes halogenated alkanes) is 2. The van der Waals surface area contributed by atoms with E-state index in [4.69, 9.17) is 4.74 Å². The molecule has 1 aromatic carbocycles. The molecule has 1 aliphatic carbocycles. The van der Waals surface area contributed by atoms with Gasteiger partial charge in [0.05, 0.1) is 20.6 Å². The number of fused-ring (bicyclic) bond motifs is 3. The van der Waals surface area contributed by atoms with Crippen molar-refractivity contribution in [2.45, 2.75) is 85.2 Å². The molecule has 4 heteroatoms. The molecule has 0 fully saturated rings. The molecule has 0 radical (unpaired) electrons. The van der Waals surface area contributed by atoms with Gasteiger partial charge in [-0.1, -0.05) is 50.8 Å². The van der Waals surface area contributed by atoms with Gasteiger partial charge in [-0.05, 0) is 66.3 Å². The van der Waals surface area contributed by atoms with Crippen molar-refractivity contribution in [3.05, 3.63) is 34.9 Å². The molecule has 1 aromatic rings. The van der Waals surface area contributed by atoms with Crippen molar-refractivity contribution in [3.63, 3.8) is 0 Å². The minimum atomic E-state index is -0.170. The van der Waals surface area contributed by atoms with Gasteiger partial charge in [0.1, 0.15) is 17.1 Å². The van der Waals surface area contributed by atoms with E-state index in [0.717, 1.165) is 29.7 Å². The second kappa shape index (κ2) is 13.3. The predicted molar refractivity (Wildman–Crippen MR) is 138 cm³/mol. The molecule has 0 spiro atoms. The van der Waals surface area contributed by atoms with E-state index in [1.54, 1.807) is 0 Å². The van der Waals surface area contributed by atoms with E-state index in [-0.39, 0.29) is 11.5 Å². The van der Waals surface area contributed by atoms with E-state index in [1.807, 2.05) is 19.1 Å². The van der Waals surface area contributed by atoms with E-state index < -0.39 is 0 Å². The fraction of sp³-hybridized carbons (Fsp3) is 0.714. The van der Waals surface area contributed by atoms with E-state index in [1.165, 1.54) is 42.8 Å². The Morgan fingerprint density at radius 3 is 2.22 bits per heavy atom. The summed E-state index contributed by atoms with van der Waals surface area (Å²) in [5, 5.41) is 10.4. The second-order valence-corrected chi connectivity index (χ2v) is 10.6. The summed E-state index contributed by atoms with van der Waals surface area (Å²) in [5.41, 5.74) is 3.17. The molecule has 2 atom stereocenters. The minimum absolute atomic E-state index is 0.170. The van der Waals surface area contributed by atoms with Crippen molar-refractivity contribution in [3.8, 4) is 11.5 Å². The largest absolute Gasteiger partial charge is 0.507 e. The van der Waals surface area contributed by atoms with Crippen molar-refractivity contribution in [2.75, 3.05) is 41.3 Å². The molecule has 0 amide bonds. The standard InChI is InChI=1S/C17H22O2.C6H16N2.C5H12/c1-10-5-7-13-12(9-10)15-14(19-17(13,3)4)8-6-11(2)16(15)18;1-7(2)5-6-8(3)4;1-3-5-4-2/h6,8-9,12-13,18H,5,7H2,1-4H3;5-6H2,1-4H3;3-5H2,1-2H3/p+1/t12-,13-;;/m1../s1. The lowest BCUT2D eigenvalue weighted by atomic mass is 9.68. The monoisotopic (exact) mass is 447 g/mol. The van der Waals surface area contributed by atoms with Crippen molar-refractivity contribution in [1.82, 2.24) is 4.90 Å². The van der Waals surface area contributed by atoms with Crippen LogP contribution in [0.4, 0.5) is 0 Å². The maximum Gasteiger partial charge on any atom is 0.127 e. The maximum atomic E-state index is 10.4. The van der Waals surface area contributed by atoms with Crippen molar-refractivity contribution >= 4 is 0 Å². The van der Waals surface area contributed by atoms with Gasteiger partial charge in [0.25, 0.3) is 0 Å². The highest BCUT2D eigenvalue weighted by molar-refractivity contribution is 5.54. The summed E-state index contributed by atoms with van der Waals surface area (Å²) in [5.74, 6) is 1.98. The van der Waals surface area contributed by atoms with Crippen LogP contribution in [0.25, 0.3) is 0 Å². The Bertz CT molecular complexity index is 712. The molecule has 1 aliphatic heterocycles. The Morgan fingerprint density at radius 2 is 1.75 bits per heavy atom. The van der Waals surface area contributed by atoms with Crippen molar-refractivity contribution in [2.24, 2.45) is 5.92 Å². The molecule has 0 saturated carbocycles. The van der Waals surface area contributed by atoms with Crippen LogP contribution in [0.5, 0.6) is 11.5 Å². The molecule has 0 saturated heterocycles. The Labute approximate surface area is 198 Å². The lowest BCUT2D eigenvalue weighted by molar-refractivity contribution is -0.857.